The molecule has 6 nitrogen and oxygen atoms in total. The fourth-order valence-electron chi connectivity index (χ4n) is 2.12. The Hall–Kier alpha value is -3.12. The van der Waals surface area contributed by atoms with Crippen molar-refractivity contribution < 1.29 is 23.9 Å². The molecule has 0 aliphatic rings. The molecule has 1 N–H and O–H groups in total. The molecule has 0 bridgehead atoms. The highest BCUT2D eigenvalue weighted by atomic mass is 35.5. The maximum Gasteiger partial charge on any atom is 0.340 e. The molecule has 0 aliphatic heterocycles. The molecule has 2 rings (SSSR count). The summed E-state index contributed by atoms with van der Waals surface area (Å²) in [5.41, 5.74) is 1.23. The van der Waals surface area contributed by atoms with Crippen molar-refractivity contribution in [3.63, 3.8) is 0 Å². The number of hydrogen-bond donors (Lipinski definition) is 1. The van der Waals surface area contributed by atoms with E-state index in [1.54, 1.807) is 49.4 Å². The number of halogens is 1. The number of esters is 2. The van der Waals surface area contributed by atoms with Gasteiger partial charge >= 0.3 is 11.9 Å². The Kier molecular flexibility index (Phi) is 7.58. The number of carbonyl (C=O) groups excluding carboxylic acids is 3. The molecule has 7 heteroatoms. The van der Waals surface area contributed by atoms with E-state index in [1.807, 2.05) is 0 Å². The van der Waals surface area contributed by atoms with E-state index in [2.05, 4.69) is 5.32 Å². The number of carbonyl (C=O) groups is 3. The predicted octanol–water partition coefficient (Wildman–Crippen LogP) is 3.71. The molecule has 0 fully saturated rings. The average molecular weight is 388 g/mol. The van der Waals surface area contributed by atoms with Crippen molar-refractivity contribution in [1.82, 2.24) is 0 Å². The molecule has 0 radical (unpaired) electrons. The maximum absolute atomic E-state index is 12.0. The van der Waals surface area contributed by atoms with Gasteiger partial charge in [0.05, 0.1) is 17.9 Å². The van der Waals surface area contributed by atoms with Crippen molar-refractivity contribution in [3.8, 4) is 0 Å². The van der Waals surface area contributed by atoms with Gasteiger partial charge in [-0.1, -0.05) is 35.9 Å². The van der Waals surface area contributed by atoms with E-state index in [0.29, 0.717) is 5.02 Å². The molecule has 0 aromatic heterocycles. The predicted molar refractivity (Wildman–Crippen MR) is 102 cm³/mol. The first-order valence-corrected chi connectivity index (χ1v) is 8.53. The lowest BCUT2D eigenvalue weighted by atomic mass is 10.2. The van der Waals surface area contributed by atoms with Crippen LogP contribution in [0.3, 0.4) is 0 Å². The Morgan fingerprint density at radius 3 is 2.59 bits per heavy atom. The lowest BCUT2D eigenvalue weighted by Crippen LogP contribution is -2.21. The molecule has 0 heterocycles. The highest BCUT2D eigenvalue weighted by Gasteiger charge is 2.14. The number of rotatable bonds is 7. The molecule has 0 aliphatic carbocycles. The van der Waals surface area contributed by atoms with Crippen LogP contribution in [-0.2, 0) is 19.1 Å². The molecule has 1 amide bonds. The summed E-state index contributed by atoms with van der Waals surface area (Å²) < 4.78 is 9.83. The van der Waals surface area contributed by atoms with Crippen molar-refractivity contribution in [2.75, 3.05) is 18.5 Å². The molecule has 0 spiro atoms. The number of anilines is 1. The zero-order chi connectivity index (χ0) is 19.6. The molecule has 2 aromatic carbocycles. The molecule has 2 aromatic rings. The number of amides is 1. The van der Waals surface area contributed by atoms with Crippen molar-refractivity contribution in [2.24, 2.45) is 0 Å². The summed E-state index contributed by atoms with van der Waals surface area (Å²) in [4.78, 5) is 35.6. The van der Waals surface area contributed by atoms with E-state index < -0.39 is 24.5 Å². The zero-order valence-electron chi connectivity index (χ0n) is 14.6. The summed E-state index contributed by atoms with van der Waals surface area (Å²) in [6.07, 6.45) is 2.73. The Morgan fingerprint density at radius 2 is 1.85 bits per heavy atom. The van der Waals surface area contributed by atoms with E-state index in [4.69, 9.17) is 21.1 Å². The van der Waals surface area contributed by atoms with Gasteiger partial charge < -0.3 is 14.8 Å². The minimum absolute atomic E-state index is 0.220. The fraction of sp³-hybridized carbons (Fsp3) is 0.150. The van der Waals surface area contributed by atoms with Gasteiger partial charge in [-0.15, -0.1) is 0 Å². The SMILES string of the molecule is CCOC(=O)c1ccccc1NC(=O)COC(=O)/C=C/c1cccc(Cl)c1. The van der Waals surface area contributed by atoms with Crippen LogP contribution in [0.15, 0.2) is 54.6 Å². The second-order valence-electron chi connectivity index (χ2n) is 5.31. The minimum Gasteiger partial charge on any atom is -0.462 e. The van der Waals surface area contributed by atoms with Gasteiger partial charge in [0, 0.05) is 11.1 Å². The fourth-order valence-corrected chi connectivity index (χ4v) is 2.32. The van der Waals surface area contributed by atoms with Gasteiger partial charge in [0.25, 0.3) is 5.91 Å². The Morgan fingerprint density at radius 1 is 1.07 bits per heavy atom. The molecule has 0 saturated heterocycles. The second kappa shape index (κ2) is 10.1. The number of hydrogen-bond acceptors (Lipinski definition) is 5. The van der Waals surface area contributed by atoms with Crippen LogP contribution in [-0.4, -0.2) is 31.1 Å². The van der Waals surface area contributed by atoms with Gasteiger partial charge in [-0.05, 0) is 42.8 Å². The van der Waals surface area contributed by atoms with Gasteiger partial charge in [0.1, 0.15) is 0 Å². The van der Waals surface area contributed by atoms with E-state index >= 15 is 0 Å². The number of benzene rings is 2. The van der Waals surface area contributed by atoms with Crippen LogP contribution in [0.4, 0.5) is 5.69 Å². The minimum atomic E-state index is -0.677. The first kappa shape index (κ1) is 20.2. The van der Waals surface area contributed by atoms with E-state index in [0.717, 1.165) is 5.56 Å². The Labute approximate surface area is 161 Å². The average Bonchev–Trinajstić information content (AvgIpc) is 2.65. The van der Waals surface area contributed by atoms with Gasteiger partial charge in [-0.25, -0.2) is 9.59 Å². The lowest BCUT2D eigenvalue weighted by molar-refractivity contribution is -0.142. The number of para-hydroxylation sites is 1. The van der Waals surface area contributed by atoms with Crippen LogP contribution in [0, 0.1) is 0 Å². The molecular formula is C20H18ClNO5. The molecule has 140 valence electrons. The van der Waals surface area contributed by atoms with Crippen molar-refractivity contribution in [3.05, 3.63) is 70.8 Å². The van der Waals surface area contributed by atoms with Crippen molar-refractivity contribution >= 4 is 41.2 Å². The van der Waals surface area contributed by atoms with Gasteiger partial charge in [0.2, 0.25) is 0 Å². The first-order valence-electron chi connectivity index (χ1n) is 8.16. The van der Waals surface area contributed by atoms with Crippen LogP contribution >= 0.6 is 11.6 Å². The first-order chi connectivity index (χ1) is 13.0. The number of ether oxygens (including phenoxy) is 2. The van der Waals surface area contributed by atoms with E-state index in [-0.39, 0.29) is 17.9 Å². The second-order valence-corrected chi connectivity index (χ2v) is 5.75. The lowest BCUT2D eigenvalue weighted by Gasteiger charge is -2.10. The Bertz CT molecular complexity index is 863. The molecule has 0 atom stereocenters. The zero-order valence-corrected chi connectivity index (χ0v) is 15.4. The highest BCUT2D eigenvalue weighted by Crippen LogP contribution is 2.16. The van der Waals surface area contributed by atoms with Gasteiger partial charge in [-0.2, -0.15) is 0 Å². The van der Waals surface area contributed by atoms with Crippen LogP contribution in [0.25, 0.3) is 6.08 Å². The third-order valence-electron chi connectivity index (χ3n) is 3.30. The molecule has 27 heavy (non-hydrogen) atoms. The summed E-state index contributed by atoms with van der Waals surface area (Å²) in [7, 11) is 0. The molecule has 0 saturated carbocycles. The maximum atomic E-state index is 12.0. The normalized spacial score (nSPS) is 10.4. The quantitative estimate of drug-likeness (QED) is 0.578. The van der Waals surface area contributed by atoms with Gasteiger partial charge in [0.15, 0.2) is 6.61 Å². The van der Waals surface area contributed by atoms with Crippen LogP contribution in [0.1, 0.15) is 22.8 Å². The van der Waals surface area contributed by atoms with E-state index in [9.17, 15) is 14.4 Å². The summed E-state index contributed by atoms with van der Waals surface area (Å²) in [5, 5.41) is 3.07. The topological polar surface area (TPSA) is 81.7 Å². The standard InChI is InChI=1S/C20H18ClNO5/c1-2-26-20(25)16-8-3-4-9-17(16)22-18(23)13-27-19(24)11-10-14-6-5-7-15(21)12-14/h3-12H,2,13H2,1H3,(H,22,23)/b11-10+. The summed E-state index contributed by atoms with van der Waals surface area (Å²) in [6.45, 7) is 1.42. The monoisotopic (exact) mass is 387 g/mol. The van der Waals surface area contributed by atoms with Crippen LogP contribution < -0.4 is 5.32 Å². The van der Waals surface area contributed by atoms with Crippen molar-refractivity contribution in [1.29, 1.82) is 0 Å². The summed E-state index contributed by atoms with van der Waals surface area (Å²) in [5.74, 6) is -1.80. The van der Waals surface area contributed by atoms with Crippen LogP contribution in [0.5, 0.6) is 0 Å². The van der Waals surface area contributed by atoms with Gasteiger partial charge in [-0.3, -0.25) is 4.79 Å². The number of nitrogens with one attached hydrogen (secondary N) is 1. The smallest absolute Gasteiger partial charge is 0.340 e. The third kappa shape index (κ3) is 6.60. The third-order valence-corrected chi connectivity index (χ3v) is 3.54. The highest BCUT2D eigenvalue weighted by molar-refractivity contribution is 6.30. The summed E-state index contributed by atoms with van der Waals surface area (Å²) >= 11 is 5.86. The van der Waals surface area contributed by atoms with Crippen LogP contribution in [0.2, 0.25) is 5.02 Å². The molecular weight excluding hydrogens is 370 g/mol. The largest absolute Gasteiger partial charge is 0.462 e. The molecule has 0 unspecified atom stereocenters. The Balaban J connectivity index is 1.89. The van der Waals surface area contributed by atoms with E-state index in [1.165, 1.54) is 18.2 Å². The summed E-state index contributed by atoms with van der Waals surface area (Å²) in [6, 6.07) is 13.3. The van der Waals surface area contributed by atoms with Crippen molar-refractivity contribution in [2.45, 2.75) is 6.92 Å².